The van der Waals surface area contributed by atoms with Crippen LogP contribution in [0.15, 0.2) is 30.5 Å². The Morgan fingerprint density at radius 1 is 1.22 bits per heavy atom. The van der Waals surface area contributed by atoms with Crippen LogP contribution in [0.25, 0.3) is 0 Å². The lowest BCUT2D eigenvalue weighted by Gasteiger charge is -2.23. The summed E-state index contributed by atoms with van der Waals surface area (Å²) in [6.45, 7) is 1.94. The quantitative estimate of drug-likeness (QED) is 0.832. The third kappa shape index (κ3) is 1.96. The molecule has 0 aliphatic heterocycles. The second-order valence-electron chi connectivity index (χ2n) is 5.00. The zero-order valence-corrected chi connectivity index (χ0v) is 10.6. The molecule has 1 atom stereocenters. The van der Waals surface area contributed by atoms with E-state index >= 15 is 0 Å². The van der Waals surface area contributed by atoms with Crippen LogP contribution in [0.5, 0.6) is 0 Å². The van der Waals surface area contributed by atoms with Crippen molar-refractivity contribution in [2.75, 3.05) is 5.73 Å². The van der Waals surface area contributed by atoms with Crippen molar-refractivity contribution in [1.29, 1.82) is 0 Å². The maximum atomic E-state index is 5.87. The molecule has 2 N–H and O–H groups in total. The first-order chi connectivity index (χ1) is 8.74. The van der Waals surface area contributed by atoms with Gasteiger partial charge in [0.25, 0.3) is 0 Å². The van der Waals surface area contributed by atoms with E-state index in [1.165, 1.54) is 11.1 Å². The second kappa shape index (κ2) is 4.41. The average molecular weight is 239 g/mol. The summed E-state index contributed by atoms with van der Waals surface area (Å²) in [5.74, 6) is 1.91. The number of rotatable bonds is 1. The van der Waals surface area contributed by atoms with E-state index in [1.807, 2.05) is 13.1 Å². The topological polar surface area (TPSA) is 51.8 Å². The standard InChI is InChI=1S/C15H17N3/c1-10-9-17-15(18-14(10)16)13-7-6-11-4-2-3-5-12(11)8-13/h2-5,9,13H,6-8H2,1H3,(H2,16,17,18). The van der Waals surface area contributed by atoms with Gasteiger partial charge in [-0.05, 0) is 37.3 Å². The fourth-order valence-electron chi connectivity index (χ4n) is 2.58. The Bertz CT molecular complexity index is 578. The molecule has 1 aliphatic carbocycles. The van der Waals surface area contributed by atoms with Crippen molar-refractivity contribution < 1.29 is 0 Å². The van der Waals surface area contributed by atoms with E-state index < -0.39 is 0 Å². The van der Waals surface area contributed by atoms with Gasteiger partial charge in [0.05, 0.1) is 0 Å². The van der Waals surface area contributed by atoms with Crippen molar-refractivity contribution in [3.05, 3.63) is 53.0 Å². The summed E-state index contributed by atoms with van der Waals surface area (Å²) >= 11 is 0. The SMILES string of the molecule is Cc1cnc(C2CCc3ccccc3C2)nc1N. The first-order valence-electron chi connectivity index (χ1n) is 6.40. The van der Waals surface area contributed by atoms with Crippen LogP contribution in [0.1, 0.15) is 34.9 Å². The van der Waals surface area contributed by atoms with Crippen molar-refractivity contribution >= 4 is 5.82 Å². The highest BCUT2D eigenvalue weighted by Gasteiger charge is 2.22. The van der Waals surface area contributed by atoms with Crippen molar-refractivity contribution in [2.24, 2.45) is 0 Å². The van der Waals surface area contributed by atoms with Gasteiger partial charge in [0.2, 0.25) is 0 Å². The molecule has 2 aromatic rings. The lowest BCUT2D eigenvalue weighted by atomic mass is 9.83. The second-order valence-corrected chi connectivity index (χ2v) is 5.00. The smallest absolute Gasteiger partial charge is 0.134 e. The van der Waals surface area contributed by atoms with E-state index in [-0.39, 0.29) is 0 Å². The number of hydrogen-bond donors (Lipinski definition) is 1. The summed E-state index contributed by atoms with van der Waals surface area (Å²) in [5, 5.41) is 0. The minimum absolute atomic E-state index is 0.405. The zero-order valence-electron chi connectivity index (χ0n) is 10.6. The van der Waals surface area contributed by atoms with E-state index in [0.717, 1.165) is 30.7 Å². The molecule has 0 saturated heterocycles. The number of nitrogen functional groups attached to an aromatic ring is 1. The summed E-state index contributed by atoms with van der Waals surface area (Å²) in [7, 11) is 0. The van der Waals surface area contributed by atoms with Crippen LogP contribution in [0.2, 0.25) is 0 Å². The summed E-state index contributed by atoms with van der Waals surface area (Å²) in [6, 6.07) is 8.64. The zero-order chi connectivity index (χ0) is 12.5. The first kappa shape index (κ1) is 11.2. The Morgan fingerprint density at radius 3 is 2.78 bits per heavy atom. The number of nitrogens with zero attached hydrogens (tertiary/aromatic N) is 2. The summed E-state index contributed by atoms with van der Waals surface area (Å²) in [6.07, 6.45) is 5.08. The lowest BCUT2D eigenvalue weighted by molar-refractivity contribution is 0.555. The van der Waals surface area contributed by atoms with E-state index in [2.05, 4.69) is 34.2 Å². The van der Waals surface area contributed by atoms with Crippen LogP contribution in [0.3, 0.4) is 0 Å². The number of hydrogen-bond acceptors (Lipinski definition) is 3. The van der Waals surface area contributed by atoms with Gasteiger partial charge in [-0.2, -0.15) is 0 Å². The molecule has 0 saturated carbocycles. The lowest BCUT2D eigenvalue weighted by Crippen LogP contribution is -2.16. The highest BCUT2D eigenvalue weighted by Crippen LogP contribution is 2.31. The van der Waals surface area contributed by atoms with Gasteiger partial charge in [0, 0.05) is 17.7 Å². The van der Waals surface area contributed by atoms with Crippen LogP contribution < -0.4 is 5.73 Å². The molecule has 0 bridgehead atoms. The molecular formula is C15H17N3. The molecule has 3 rings (SSSR count). The molecule has 1 unspecified atom stereocenters. The van der Waals surface area contributed by atoms with Crippen LogP contribution in [0.4, 0.5) is 5.82 Å². The maximum Gasteiger partial charge on any atom is 0.134 e. The number of nitrogens with two attached hydrogens (primary N) is 1. The van der Waals surface area contributed by atoms with Crippen molar-refractivity contribution in [3.63, 3.8) is 0 Å². The Balaban J connectivity index is 1.89. The van der Waals surface area contributed by atoms with Gasteiger partial charge in [-0.3, -0.25) is 0 Å². The fourth-order valence-corrected chi connectivity index (χ4v) is 2.58. The highest BCUT2D eigenvalue weighted by molar-refractivity contribution is 5.37. The Labute approximate surface area is 107 Å². The summed E-state index contributed by atoms with van der Waals surface area (Å²) in [4.78, 5) is 8.88. The molecule has 0 amide bonds. The fraction of sp³-hybridized carbons (Fsp3) is 0.333. The first-order valence-corrected chi connectivity index (χ1v) is 6.40. The van der Waals surface area contributed by atoms with Crippen LogP contribution in [-0.2, 0) is 12.8 Å². The normalized spacial score (nSPS) is 18.4. The third-order valence-corrected chi connectivity index (χ3v) is 3.74. The molecule has 18 heavy (non-hydrogen) atoms. The molecule has 1 aliphatic rings. The van der Waals surface area contributed by atoms with Crippen LogP contribution >= 0.6 is 0 Å². The van der Waals surface area contributed by atoms with Gasteiger partial charge in [0.15, 0.2) is 0 Å². The van der Waals surface area contributed by atoms with Gasteiger partial charge in [-0.15, -0.1) is 0 Å². The van der Waals surface area contributed by atoms with E-state index in [4.69, 9.17) is 5.73 Å². The van der Waals surface area contributed by atoms with Gasteiger partial charge < -0.3 is 5.73 Å². The number of fused-ring (bicyclic) bond motifs is 1. The van der Waals surface area contributed by atoms with Crippen LogP contribution in [0, 0.1) is 6.92 Å². The Kier molecular flexibility index (Phi) is 2.74. The highest BCUT2D eigenvalue weighted by atomic mass is 14.9. The molecule has 92 valence electrons. The summed E-state index contributed by atoms with van der Waals surface area (Å²) < 4.78 is 0. The van der Waals surface area contributed by atoms with Gasteiger partial charge in [-0.1, -0.05) is 24.3 Å². The maximum absolute atomic E-state index is 5.87. The monoisotopic (exact) mass is 239 g/mol. The van der Waals surface area contributed by atoms with Crippen molar-refractivity contribution in [2.45, 2.75) is 32.1 Å². The van der Waals surface area contributed by atoms with Gasteiger partial charge >= 0.3 is 0 Å². The number of aromatic nitrogens is 2. The van der Waals surface area contributed by atoms with Crippen molar-refractivity contribution in [3.8, 4) is 0 Å². The van der Waals surface area contributed by atoms with Gasteiger partial charge in [-0.25, -0.2) is 9.97 Å². The largest absolute Gasteiger partial charge is 0.383 e. The van der Waals surface area contributed by atoms with E-state index in [0.29, 0.717) is 11.7 Å². The number of aryl methyl sites for hydroxylation is 2. The Morgan fingerprint density at radius 2 is 2.00 bits per heavy atom. The minimum Gasteiger partial charge on any atom is -0.383 e. The predicted molar refractivity (Wildman–Crippen MR) is 72.4 cm³/mol. The molecule has 0 fully saturated rings. The summed E-state index contributed by atoms with van der Waals surface area (Å²) in [5.41, 5.74) is 9.72. The number of anilines is 1. The number of benzene rings is 1. The van der Waals surface area contributed by atoms with Crippen molar-refractivity contribution in [1.82, 2.24) is 9.97 Å². The van der Waals surface area contributed by atoms with E-state index in [1.54, 1.807) is 0 Å². The average Bonchev–Trinajstić information content (AvgIpc) is 2.41. The van der Waals surface area contributed by atoms with E-state index in [9.17, 15) is 0 Å². The minimum atomic E-state index is 0.405. The predicted octanol–water partition coefficient (Wildman–Crippen LogP) is 2.64. The molecule has 1 aromatic heterocycles. The molecule has 3 heteroatoms. The molecule has 3 nitrogen and oxygen atoms in total. The Hall–Kier alpha value is -1.90. The molecule has 0 radical (unpaired) electrons. The molecule has 1 heterocycles. The molecule has 0 spiro atoms. The third-order valence-electron chi connectivity index (χ3n) is 3.74. The van der Waals surface area contributed by atoms with Gasteiger partial charge in [0.1, 0.15) is 11.6 Å². The molecule has 1 aromatic carbocycles. The molecular weight excluding hydrogens is 222 g/mol. The van der Waals surface area contributed by atoms with Crippen LogP contribution in [-0.4, -0.2) is 9.97 Å².